The van der Waals surface area contributed by atoms with Gasteiger partial charge in [-0.3, -0.25) is 9.78 Å². The number of hydrogen-bond donors (Lipinski definition) is 1. The molecule has 2 aliphatic rings. The maximum absolute atomic E-state index is 12.5. The Morgan fingerprint density at radius 1 is 1.36 bits per heavy atom. The second-order valence-corrected chi connectivity index (χ2v) is 6.23. The van der Waals surface area contributed by atoms with E-state index in [0.717, 1.165) is 51.3 Å². The highest BCUT2D eigenvalue weighted by Crippen LogP contribution is 2.23. The van der Waals surface area contributed by atoms with Gasteiger partial charge in [0, 0.05) is 30.5 Å². The summed E-state index contributed by atoms with van der Waals surface area (Å²) in [5.74, 6) is -0.0899. The zero-order chi connectivity index (χ0) is 15.4. The van der Waals surface area contributed by atoms with Crippen molar-refractivity contribution in [2.24, 2.45) is 0 Å². The highest BCUT2D eigenvalue weighted by Gasteiger charge is 2.27. The van der Waals surface area contributed by atoms with Gasteiger partial charge in [0.15, 0.2) is 0 Å². The molecule has 0 saturated carbocycles. The largest absolute Gasteiger partial charge is 0.378 e. The van der Waals surface area contributed by atoms with Gasteiger partial charge in [0.05, 0.1) is 13.2 Å². The first kappa shape index (κ1) is 15.0. The molecule has 5 nitrogen and oxygen atoms in total. The number of ether oxygens (including phenoxy) is 1. The molecule has 118 valence electrons. The number of morpholine rings is 1. The Hall–Kier alpha value is -1.88. The Morgan fingerprint density at radius 3 is 2.91 bits per heavy atom. The third-order valence-electron chi connectivity index (χ3n) is 4.37. The Labute approximate surface area is 131 Å². The number of carbonyl (C=O) groups excluding carboxylic acids is 1. The summed E-state index contributed by atoms with van der Waals surface area (Å²) in [7, 11) is 0. The van der Waals surface area contributed by atoms with Crippen molar-refractivity contribution in [2.45, 2.75) is 31.7 Å². The molecule has 0 radical (unpaired) electrons. The zero-order valence-electron chi connectivity index (χ0n) is 13.0. The maximum atomic E-state index is 12.5. The lowest BCUT2D eigenvalue weighted by Crippen LogP contribution is -2.46. The highest BCUT2D eigenvalue weighted by molar-refractivity contribution is 5.93. The first-order valence-electron chi connectivity index (χ1n) is 7.93. The van der Waals surface area contributed by atoms with Crippen LogP contribution < -0.4 is 10.2 Å². The van der Waals surface area contributed by atoms with Gasteiger partial charge in [0.25, 0.3) is 5.91 Å². The molecule has 1 unspecified atom stereocenters. The van der Waals surface area contributed by atoms with Gasteiger partial charge in [-0.2, -0.15) is 0 Å². The predicted octanol–water partition coefficient (Wildman–Crippen LogP) is 2.15. The van der Waals surface area contributed by atoms with Crippen molar-refractivity contribution >= 4 is 11.6 Å². The van der Waals surface area contributed by atoms with Crippen LogP contribution in [0, 0.1) is 0 Å². The average Bonchev–Trinajstić information content (AvgIpc) is 2.56. The van der Waals surface area contributed by atoms with Crippen LogP contribution in [0.2, 0.25) is 0 Å². The number of amides is 1. The molecule has 1 aliphatic heterocycles. The molecule has 0 bridgehead atoms. The summed E-state index contributed by atoms with van der Waals surface area (Å²) in [5, 5.41) is 3.15. The summed E-state index contributed by atoms with van der Waals surface area (Å²) < 4.78 is 5.37. The second-order valence-electron chi connectivity index (χ2n) is 6.23. The summed E-state index contributed by atoms with van der Waals surface area (Å²) in [6.45, 7) is 5.27. The minimum atomic E-state index is -0.164. The molecule has 22 heavy (non-hydrogen) atoms. The Balaban J connectivity index is 1.71. The van der Waals surface area contributed by atoms with Crippen molar-refractivity contribution in [3.63, 3.8) is 0 Å². The minimum Gasteiger partial charge on any atom is -0.378 e. The van der Waals surface area contributed by atoms with E-state index in [9.17, 15) is 4.79 Å². The molecular weight excluding hydrogens is 278 g/mol. The summed E-state index contributed by atoms with van der Waals surface area (Å²) >= 11 is 0. The van der Waals surface area contributed by atoms with Gasteiger partial charge in [-0.25, -0.2) is 0 Å². The number of carbonyl (C=O) groups is 1. The number of nitrogens with one attached hydrogen (secondary N) is 1. The molecule has 1 aliphatic carbocycles. The summed E-state index contributed by atoms with van der Waals surface area (Å²) in [4.78, 5) is 19.0. The molecule has 1 aromatic rings. The minimum absolute atomic E-state index is 0.0899. The third kappa shape index (κ3) is 3.47. The first-order valence-corrected chi connectivity index (χ1v) is 7.93. The first-order chi connectivity index (χ1) is 10.7. The van der Waals surface area contributed by atoms with E-state index in [2.05, 4.69) is 34.3 Å². The van der Waals surface area contributed by atoms with Crippen molar-refractivity contribution in [1.82, 2.24) is 10.3 Å². The average molecular weight is 301 g/mol. The molecule has 2 heterocycles. The van der Waals surface area contributed by atoms with Crippen LogP contribution in [0.5, 0.6) is 0 Å². The van der Waals surface area contributed by atoms with Gasteiger partial charge in [0.2, 0.25) is 0 Å². The van der Waals surface area contributed by atoms with Crippen LogP contribution in [-0.4, -0.2) is 42.7 Å². The summed E-state index contributed by atoms with van der Waals surface area (Å²) in [6, 6.07) is 3.83. The lowest BCUT2D eigenvalue weighted by molar-refractivity contribution is 0.0895. The third-order valence-corrected chi connectivity index (χ3v) is 4.37. The van der Waals surface area contributed by atoms with E-state index >= 15 is 0 Å². The molecule has 0 aromatic carbocycles. The van der Waals surface area contributed by atoms with Crippen molar-refractivity contribution in [3.05, 3.63) is 36.2 Å². The molecule has 1 amide bonds. The smallest absolute Gasteiger partial charge is 0.270 e. The normalized spacial score (nSPS) is 25.0. The number of aromatic nitrogens is 1. The van der Waals surface area contributed by atoms with Gasteiger partial charge < -0.3 is 15.0 Å². The number of allylic oxidation sites excluding steroid dienone is 1. The number of rotatable bonds is 3. The molecule has 0 spiro atoms. The number of anilines is 1. The quantitative estimate of drug-likeness (QED) is 0.869. The highest BCUT2D eigenvalue weighted by atomic mass is 16.5. The van der Waals surface area contributed by atoms with Crippen LogP contribution in [0.3, 0.4) is 0 Å². The predicted molar refractivity (Wildman–Crippen MR) is 86.1 cm³/mol. The van der Waals surface area contributed by atoms with Crippen molar-refractivity contribution in [2.75, 3.05) is 31.2 Å². The van der Waals surface area contributed by atoms with Crippen LogP contribution in [0.15, 0.2) is 30.5 Å². The van der Waals surface area contributed by atoms with E-state index in [1.807, 2.05) is 12.1 Å². The molecule has 1 N–H and O–H groups in total. The van der Waals surface area contributed by atoms with Gasteiger partial charge >= 0.3 is 0 Å². The van der Waals surface area contributed by atoms with Crippen molar-refractivity contribution < 1.29 is 9.53 Å². The summed E-state index contributed by atoms with van der Waals surface area (Å²) in [6.07, 6.45) is 8.88. The number of nitrogens with zero attached hydrogens (tertiary/aromatic N) is 2. The van der Waals surface area contributed by atoms with Gasteiger partial charge in [-0.15, -0.1) is 0 Å². The Kier molecular flexibility index (Phi) is 4.43. The molecular formula is C17H23N3O2. The topological polar surface area (TPSA) is 54.5 Å². The zero-order valence-corrected chi connectivity index (χ0v) is 13.0. The van der Waals surface area contributed by atoms with Crippen LogP contribution in [0.4, 0.5) is 5.69 Å². The Morgan fingerprint density at radius 2 is 2.18 bits per heavy atom. The van der Waals surface area contributed by atoms with E-state index in [0.29, 0.717) is 5.69 Å². The summed E-state index contributed by atoms with van der Waals surface area (Å²) in [5.41, 5.74) is 1.36. The van der Waals surface area contributed by atoms with Crippen LogP contribution in [0.25, 0.3) is 0 Å². The molecule has 1 aromatic heterocycles. The van der Waals surface area contributed by atoms with Gasteiger partial charge in [-0.1, -0.05) is 12.2 Å². The molecule has 1 fully saturated rings. The fraction of sp³-hybridized carbons (Fsp3) is 0.529. The fourth-order valence-corrected chi connectivity index (χ4v) is 2.98. The van der Waals surface area contributed by atoms with Crippen molar-refractivity contribution in [1.29, 1.82) is 0 Å². The van der Waals surface area contributed by atoms with Crippen molar-refractivity contribution in [3.8, 4) is 0 Å². The fourth-order valence-electron chi connectivity index (χ4n) is 2.98. The van der Waals surface area contributed by atoms with Crippen LogP contribution in [0.1, 0.15) is 36.7 Å². The van der Waals surface area contributed by atoms with Crippen LogP contribution in [-0.2, 0) is 4.74 Å². The van der Waals surface area contributed by atoms with Gasteiger partial charge in [-0.05, 0) is 38.3 Å². The lowest BCUT2D eigenvalue weighted by atomic mass is 9.87. The van der Waals surface area contributed by atoms with E-state index in [1.165, 1.54) is 0 Å². The monoisotopic (exact) mass is 301 g/mol. The van der Waals surface area contributed by atoms with E-state index in [-0.39, 0.29) is 11.4 Å². The number of hydrogen-bond acceptors (Lipinski definition) is 4. The standard InChI is InChI=1S/C17H23N3O2/c1-17(6-3-2-4-7-17)19-16(21)15-13-14(5-8-18-15)20-9-11-22-12-10-20/h2-3,5,8,13H,4,6-7,9-12H2,1H3,(H,19,21). The van der Waals surface area contributed by atoms with E-state index in [4.69, 9.17) is 4.74 Å². The molecule has 1 atom stereocenters. The van der Waals surface area contributed by atoms with Gasteiger partial charge in [0.1, 0.15) is 5.69 Å². The molecule has 1 saturated heterocycles. The lowest BCUT2D eigenvalue weighted by Gasteiger charge is -2.32. The SMILES string of the molecule is CC1(NC(=O)c2cc(N3CCOCC3)ccn2)CC=CCC1. The van der Waals surface area contributed by atoms with E-state index < -0.39 is 0 Å². The maximum Gasteiger partial charge on any atom is 0.270 e. The Bertz CT molecular complexity index is 567. The second kappa shape index (κ2) is 6.48. The molecule has 3 rings (SSSR count). The van der Waals surface area contributed by atoms with Crippen LogP contribution >= 0.6 is 0 Å². The molecule has 5 heteroatoms. The number of pyridine rings is 1. The van der Waals surface area contributed by atoms with E-state index in [1.54, 1.807) is 6.20 Å².